The van der Waals surface area contributed by atoms with Crippen molar-refractivity contribution in [2.24, 2.45) is 10.9 Å². The summed E-state index contributed by atoms with van der Waals surface area (Å²) in [5.74, 6) is 0.926. The Labute approximate surface area is 168 Å². The summed E-state index contributed by atoms with van der Waals surface area (Å²) in [5.41, 5.74) is 1.81. The molecular formula is C19H28BrN5O2. The largest absolute Gasteiger partial charge is 0.357 e. The lowest BCUT2D eigenvalue weighted by molar-refractivity contribution is -0.122. The molecular weight excluding hydrogens is 410 g/mol. The second-order valence-electron chi connectivity index (χ2n) is 6.51. The van der Waals surface area contributed by atoms with Gasteiger partial charge in [0.2, 0.25) is 11.8 Å². The quantitative estimate of drug-likeness (QED) is 0.270. The molecule has 0 saturated heterocycles. The topological polar surface area (TPSA) is 94.6 Å². The van der Waals surface area contributed by atoms with E-state index in [4.69, 9.17) is 0 Å². The maximum atomic E-state index is 12.1. The number of guanidine groups is 1. The van der Waals surface area contributed by atoms with Gasteiger partial charge in [0, 0.05) is 42.1 Å². The van der Waals surface area contributed by atoms with Crippen LogP contribution in [0, 0.1) is 12.8 Å². The number of hydrogen-bond acceptors (Lipinski definition) is 3. The van der Waals surface area contributed by atoms with Crippen molar-refractivity contribution in [2.75, 3.05) is 31.5 Å². The average molecular weight is 438 g/mol. The average Bonchev–Trinajstić information content (AvgIpc) is 3.46. The van der Waals surface area contributed by atoms with Gasteiger partial charge in [0.1, 0.15) is 0 Å². The van der Waals surface area contributed by atoms with Gasteiger partial charge in [-0.05, 0) is 44.4 Å². The van der Waals surface area contributed by atoms with Crippen LogP contribution in [0.2, 0.25) is 0 Å². The van der Waals surface area contributed by atoms with Crippen LogP contribution in [0.15, 0.2) is 27.7 Å². The molecule has 1 saturated carbocycles. The van der Waals surface area contributed by atoms with E-state index in [0.717, 1.165) is 35.1 Å². The Kier molecular flexibility index (Phi) is 8.57. The van der Waals surface area contributed by atoms with Crippen LogP contribution in [0.25, 0.3) is 0 Å². The number of halogens is 1. The van der Waals surface area contributed by atoms with Gasteiger partial charge in [0.05, 0.1) is 6.54 Å². The minimum absolute atomic E-state index is 0.0764. The highest BCUT2D eigenvalue weighted by Gasteiger charge is 2.28. The molecule has 0 radical (unpaired) electrons. The van der Waals surface area contributed by atoms with Crippen LogP contribution in [-0.4, -0.2) is 44.0 Å². The predicted octanol–water partition coefficient (Wildman–Crippen LogP) is 2.17. The molecule has 4 N–H and O–H groups in total. The molecule has 2 amide bonds. The molecule has 0 aromatic heterocycles. The van der Waals surface area contributed by atoms with E-state index >= 15 is 0 Å². The fourth-order valence-corrected chi connectivity index (χ4v) is 2.77. The van der Waals surface area contributed by atoms with E-state index < -0.39 is 0 Å². The van der Waals surface area contributed by atoms with E-state index in [-0.39, 0.29) is 17.7 Å². The minimum atomic E-state index is -0.0764. The van der Waals surface area contributed by atoms with Gasteiger partial charge in [-0.15, -0.1) is 0 Å². The molecule has 2 rings (SSSR count). The molecule has 0 unspecified atom stereocenters. The molecule has 0 atom stereocenters. The molecule has 27 heavy (non-hydrogen) atoms. The molecule has 1 aliphatic rings. The molecule has 1 fully saturated rings. The Morgan fingerprint density at radius 2 is 1.93 bits per heavy atom. The zero-order valence-corrected chi connectivity index (χ0v) is 17.5. The van der Waals surface area contributed by atoms with E-state index in [2.05, 4.69) is 42.2 Å². The standard InChI is InChI=1S/C19H28BrN5O2/c1-3-21-19(24-11-10-22-18(27)14-5-6-14)23-9-8-17(26)25-16-12-15(20)7-4-13(16)2/h4,7,12,14H,3,5-6,8-11H2,1-2H3,(H,22,27)(H,25,26)(H2,21,23,24). The van der Waals surface area contributed by atoms with Crippen molar-refractivity contribution < 1.29 is 9.59 Å². The highest BCUT2D eigenvalue weighted by atomic mass is 79.9. The Hall–Kier alpha value is -2.09. The number of hydrogen-bond donors (Lipinski definition) is 4. The van der Waals surface area contributed by atoms with Gasteiger partial charge in [0.25, 0.3) is 0 Å². The number of aliphatic imine (C=N–C) groups is 1. The highest BCUT2D eigenvalue weighted by molar-refractivity contribution is 9.10. The monoisotopic (exact) mass is 437 g/mol. The van der Waals surface area contributed by atoms with Crippen molar-refractivity contribution in [1.82, 2.24) is 16.0 Å². The van der Waals surface area contributed by atoms with Crippen LogP contribution < -0.4 is 21.3 Å². The van der Waals surface area contributed by atoms with Crippen molar-refractivity contribution >= 4 is 39.4 Å². The zero-order valence-electron chi connectivity index (χ0n) is 15.9. The number of rotatable bonds is 9. The number of nitrogens with one attached hydrogen (secondary N) is 4. The summed E-state index contributed by atoms with van der Waals surface area (Å²) in [6.45, 7) is 6.19. The lowest BCUT2D eigenvalue weighted by Gasteiger charge is -2.12. The van der Waals surface area contributed by atoms with Crippen LogP contribution in [0.1, 0.15) is 31.7 Å². The van der Waals surface area contributed by atoms with Crippen molar-refractivity contribution in [1.29, 1.82) is 0 Å². The van der Waals surface area contributed by atoms with Gasteiger partial charge in [-0.25, -0.2) is 0 Å². The molecule has 1 aromatic carbocycles. The second kappa shape index (κ2) is 10.9. The lowest BCUT2D eigenvalue weighted by atomic mass is 10.2. The Morgan fingerprint density at radius 1 is 1.19 bits per heavy atom. The number of carbonyl (C=O) groups is 2. The fourth-order valence-electron chi connectivity index (χ4n) is 2.41. The molecule has 1 aliphatic carbocycles. The Balaban J connectivity index is 1.71. The van der Waals surface area contributed by atoms with Gasteiger partial charge < -0.3 is 21.3 Å². The van der Waals surface area contributed by atoms with Crippen LogP contribution >= 0.6 is 15.9 Å². The maximum absolute atomic E-state index is 12.1. The number of aryl methyl sites for hydroxylation is 1. The fraction of sp³-hybridized carbons (Fsp3) is 0.526. The molecule has 8 heteroatoms. The van der Waals surface area contributed by atoms with Crippen LogP contribution in [0.3, 0.4) is 0 Å². The van der Waals surface area contributed by atoms with Gasteiger partial charge in [-0.2, -0.15) is 0 Å². The van der Waals surface area contributed by atoms with Gasteiger partial charge in [-0.1, -0.05) is 22.0 Å². The van der Waals surface area contributed by atoms with Crippen molar-refractivity contribution in [3.05, 3.63) is 28.2 Å². The van der Waals surface area contributed by atoms with E-state index in [9.17, 15) is 9.59 Å². The molecule has 0 heterocycles. The van der Waals surface area contributed by atoms with Crippen LogP contribution in [0.5, 0.6) is 0 Å². The first-order valence-corrected chi connectivity index (χ1v) is 10.1. The second-order valence-corrected chi connectivity index (χ2v) is 7.43. The molecule has 148 valence electrons. The minimum Gasteiger partial charge on any atom is -0.357 e. The Morgan fingerprint density at radius 3 is 2.63 bits per heavy atom. The summed E-state index contributed by atoms with van der Waals surface area (Å²) >= 11 is 3.41. The maximum Gasteiger partial charge on any atom is 0.226 e. The summed E-state index contributed by atoms with van der Waals surface area (Å²) in [6, 6.07) is 5.78. The highest BCUT2D eigenvalue weighted by Crippen LogP contribution is 2.28. The zero-order chi connectivity index (χ0) is 19.6. The first-order valence-electron chi connectivity index (χ1n) is 9.35. The molecule has 7 nitrogen and oxygen atoms in total. The SMILES string of the molecule is CCNC(=NCCC(=O)Nc1cc(Br)ccc1C)NCCNC(=O)C1CC1. The number of nitrogens with zero attached hydrogens (tertiary/aromatic N) is 1. The first kappa shape index (κ1) is 21.2. The summed E-state index contributed by atoms with van der Waals surface area (Å²) < 4.78 is 0.925. The number of amides is 2. The van der Waals surface area contributed by atoms with Crippen molar-refractivity contribution in [3.63, 3.8) is 0 Å². The predicted molar refractivity (Wildman–Crippen MR) is 112 cm³/mol. The number of carbonyl (C=O) groups excluding carboxylic acids is 2. The summed E-state index contributed by atoms with van der Waals surface area (Å²) in [6.07, 6.45) is 2.30. The van der Waals surface area contributed by atoms with E-state index in [1.54, 1.807) is 0 Å². The molecule has 0 aliphatic heterocycles. The van der Waals surface area contributed by atoms with Crippen molar-refractivity contribution in [2.45, 2.75) is 33.1 Å². The first-order chi connectivity index (χ1) is 13.0. The third-order valence-electron chi connectivity index (χ3n) is 4.09. The Bertz CT molecular complexity index is 689. The van der Waals surface area contributed by atoms with Gasteiger partial charge in [-0.3, -0.25) is 14.6 Å². The van der Waals surface area contributed by atoms with Gasteiger partial charge in [0.15, 0.2) is 5.96 Å². The smallest absolute Gasteiger partial charge is 0.226 e. The normalized spacial score (nSPS) is 13.8. The van der Waals surface area contributed by atoms with Gasteiger partial charge >= 0.3 is 0 Å². The van der Waals surface area contributed by atoms with Crippen LogP contribution in [0.4, 0.5) is 5.69 Å². The number of anilines is 1. The van der Waals surface area contributed by atoms with E-state index in [1.165, 1.54) is 0 Å². The lowest BCUT2D eigenvalue weighted by Crippen LogP contribution is -2.41. The van der Waals surface area contributed by atoms with E-state index in [0.29, 0.717) is 32.0 Å². The molecule has 1 aromatic rings. The van der Waals surface area contributed by atoms with Crippen LogP contribution in [-0.2, 0) is 9.59 Å². The molecule has 0 spiro atoms. The summed E-state index contributed by atoms with van der Waals surface area (Å²) in [7, 11) is 0. The number of benzene rings is 1. The van der Waals surface area contributed by atoms with E-state index in [1.807, 2.05) is 32.0 Å². The van der Waals surface area contributed by atoms with Crippen molar-refractivity contribution in [3.8, 4) is 0 Å². The molecule has 0 bridgehead atoms. The summed E-state index contributed by atoms with van der Waals surface area (Å²) in [5, 5.41) is 12.1. The third-order valence-corrected chi connectivity index (χ3v) is 4.58. The third kappa shape index (κ3) is 7.99. The summed E-state index contributed by atoms with van der Waals surface area (Å²) in [4.78, 5) is 28.1.